The summed E-state index contributed by atoms with van der Waals surface area (Å²) in [7, 11) is 1.67. The van der Waals surface area contributed by atoms with Gasteiger partial charge in [-0.05, 0) is 44.8 Å². The zero-order valence-corrected chi connectivity index (χ0v) is 12.4. The van der Waals surface area contributed by atoms with Crippen molar-refractivity contribution in [3.05, 3.63) is 0 Å². The molecule has 0 aromatic rings. The van der Waals surface area contributed by atoms with Crippen LogP contribution in [-0.4, -0.2) is 63.8 Å². The van der Waals surface area contributed by atoms with E-state index in [1.807, 2.05) is 0 Å². The van der Waals surface area contributed by atoms with E-state index >= 15 is 0 Å². The number of carbonyl (C=O) groups is 1. The molecule has 1 heterocycles. The number of nitrogens with one attached hydrogen (secondary N) is 2. The number of rotatable bonds is 10. The van der Waals surface area contributed by atoms with Crippen molar-refractivity contribution in [3.8, 4) is 0 Å². The Hall–Kier alpha value is -0.650. The Kier molecular flexibility index (Phi) is 8.79. The minimum absolute atomic E-state index is 0.0736. The standard InChI is InChI=1S/C14H29N3O2/c1-13(12-17-7-3-4-8-17)10-15-11-14(18)16-6-5-9-19-2/h13,15H,3-12H2,1-2H3,(H,16,18). The zero-order valence-electron chi connectivity index (χ0n) is 12.4. The van der Waals surface area contributed by atoms with E-state index in [2.05, 4.69) is 22.5 Å². The molecule has 0 bridgehead atoms. The lowest BCUT2D eigenvalue weighted by Crippen LogP contribution is -2.38. The van der Waals surface area contributed by atoms with Crippen LogP contribution in [0.25, 0.3) is 0 Å². The highest BCUT2D eigenvalue weighted by molar-refractivity contribution is 5.77. The van der Waals surface area contributed by atoms with Crippen LogP contribution in [0.3, 0.4) is 0 Å². The van der Waals surface area contributed by atoms with Crippen LogP contribution < -0.4 is 10.6 Å². The second-order valence-electron chi connectivity index (χ2n) is 5.44. The molecule has 1 amide bonds. The predicted molar refractivity (Wildman–Crippen MR) is 77.2 cm³/mol. The van der Waals surface area contributed by atoms with Crippen molar-refractivity contribution < 1.29 is 9.53 Å². The molecule has 0 aromatic heterocycles. The molecule has 1 atom stereocenters. The highest BCUT2D eigenvalue weighted by atomic mass is 16.5. The van der Waals surface area contributed by atoms with Gasteiger partial charge in [-0.15, -0.1) is 0 Å². The molecule has 0 radical (unpaired) electrons. The molecule has 5 nitrogen and oxygen atoms in total. The molecule has 1 fully saturated rings. The first kappa shape index (κ1) is 16.4. The van der Waals surface area contributed by atoms with Gasteiger partial charge in [0.15, 0.2) is 0 Å². The summed E-state index contributed by atoms with van der Waals surface area (Å²) in [6.45, 7) is 8.57. The molecule has 0 saturated carbocycles. The average Bonchev–Trinajstić information content (AvgIpc) is 2.87. The van der Waals surface area contributed by atoms with Crippen molar-refractivity contribution in [2.75, 3.05) is 53.0 Å². The first-order valence-corrected chi connectivity index (χ1v) is 7.41. The maximum Gasteiger partial charge on any atom is 0.233 e. The lowest BCUT2D eigenvalue weighted by Gasteiger charge is -2.20. The Bertz CT molecular complexity index is 243. The number of carbonyl (C=O) groups excluding carboxylic acids is 1. The monoisotopic (exact) mass is 271 g/mol. The smallest absolute Gasteiger partial charge is 0.233 e. The van der Waals surface area contributed by atoms with E-state index in [-0.39, 0.29) is 5.91 Å². The number of ether oxygens (including phenoxy) is 1. The number of methoxy groups -OCH3 is 1. The van der Waals surface area contributed by atoms with E-state index in [0.29, 0.717) is 25.6 Å². The van der Waals surface area contributed by atoms with E-state index in [1.165, 1.54) is 25.9 Å². The summed E-state index contributed by atoms with van der Waals surface area (Å²) in [5.41, 5.74) is 0. The SMILES string of the molecule is COCCCNC(=O)CNCC(C)CN1CCCC1. The Morgan fingerprint density at radius 2 is 2.11 bits per heavy atom. The van der Waals surface area contributed by atoms with E-state index in [0.717, 1.165) is 19.5 Å². The van der Waals surface area contributed by atoms with Gasteiger partial charge in [0.05, 0.1) is 6.54 Å². The summed E-state index contributed by atoms with van der Waals surface area (Å²) < 4.78 is 4.93. The maximum absolute atomic E-state index is 11.5. The van der Waals surface area contributed by atoms with Gasteiger partial charge >= 0.3 is 0 Å². The molecule has 1 rings (SSSR count). The van der Waals surface area contributed by atoms with Crippen LogP contribution in [0.15, 0.2) is 0 Å². The molecule has 0 spiro atoms. The van der Waals surface area contributed by atoms with Crippen LogP contribution in [0.2, 0.25) is 0 Å². The molecular weight excluding hydrogens is 242 g/mol. The third-order valence-electron chi connectivity index (χ3n) is 3.39. The Morgan fingerprint density at radius 3 is 2.79 bits per heavy atom. The fraction of sp³-hybridized carbons (Fsp3) is 0.929. The molecule has 5 heteroatoms. The Balaban J connectivity index is 1.94. The van der Waals surface area contributed by atoms with E-state index < -0.39 is 0 Å². The second kappa shape index (κ2) is 10.2. The van der Waals surface area contributed by atoms with E-state index in [4.69, 9.17) is 4.74 Å². The van der Waals surface area contributed by atoms with Crippen molar-refractivity contribution in [2.24, 2.45) is 5.92 Å². The summed E-state index contributed by atoms with van der Waals surface area (Å²) in [6, 6.07) is 0. The Labute approximate surface area is 117 Å². The zero-order chi connectivity index (χ0) is 13.9. The lowest BCUT2D eigenvalue weighted by molar-refractivity contribution is -0.120. The van der Waals surface area contributed by atoms with Gasteiger partial charge in [0.2, 0.25) is 5.91 Å². The Morgan fingerprint density at radius 1 is 1.37 bits per heavy atom. The van der Waals surface area contributed by atoms with E-state index in [9.17, 15) is 4.79 Å². The third-order valence-corrected chi connectivity index (χ3v) is 3.39. The van der Waals surface area contributed by atoms with Crippen LogP contribution in [0.1, 0.15) is 26.2 Å². The van der Waals surface area contributed by atoms with Crippen molar-refractivity contribution in [1.29, 1.82) is 0 Å². The van der Waals surface area contributed by atoms with Gasteiger partial charge < -0.3 is 20.3 Å². The van der Waals surface area contributed by atoms with Gasteiger partial charge in [-0.3, -0.25) is 4.79 Å². The van der Waals surface area contributed by atoms with Gasteiger partial charge in [0, 0.05) is 26.8 Å². The average molecular weight is 271 g/mol. The second-order valence-corrected chi connectivity index (χ2v) is 5.44. The minimum Gasteiger partial charge on any atom is -0.385 e. The number of amides is 1. The number of likely N-dealkylation sites (tertiary alicyclic amines) is 1. The van der Waals surface area contributed by atoms with Crippen LogP contribution in [0.4, 0.5) is 0 Å². The summed E-state index contributed by atoms with van der Waals surface area (Å²) in [6.07, 6.45) is 3.54. The van der Waals surface area contributed by atoms with Crippen LogP contribution >= 0.6 is 0 Å². The molecule has 0 aromatic carbocycles. The molecule has 1 aliphatic heterocycles. The van der Waals surface area contributed by atoms with Crippen molar-refractivity contribution in [1.82, 2.24) is 15.5 Å². The van der Waals surface area contributed by atoms with Crippen molar-refractivity contribution in [2.45, 2.75) is 26.2 Å². The van der Waals surface area contributed by atoms with Crippen molar-refractivity contribution >= 4 is 5.91 Å². The molecule has 1 unspecified atom stereocenters. The fourth-order valence-electron chi connectivity index (χ4n) is 2.41. The maximum atomic E-state index is 11.5. The third kappa shape index (κ3) is 8.18. The van der Waals surface area contributed by atoms with Crippen LogP contribution in [-0.2, 0) is 9.53 Å². The molecule has 2 N–H and O–H groups in total. The normalized spacial score (nSPS) is 17.6. The van der Waals surface area contributed by atoms with Gasteiger partial charge in [0.25, 0.3) is 0 Å². The van der Waals surface area contributed by atoms with Gasteiger partial charge in [-0.1, -0.05) is 6.92 Å². The topological polar surface area (TPSA) is 53.6 Å². The number of nitrogens with zero attached hydrogens (tertiary/aromatic N) is 1. The van der Waals surface area contributed by atoms with Gasteiger partial charge in [0.1, 0.15) is 0 Å². The fourth-order valence-corrected chi connectivity index (χ4v) is 2.41. The van der Waals surface area contributed by atoms with Gasteiger partial charge in [-0.2, -0.15) is 0 Å². The lowest BCUT2D eigenvalue weighted by atomic mass is 10.1. The molecule has 19 heavy (non-hydrogen) atoms. The number of hydrogen-bond acceptors (Lipinski definition) is 4. The summed E-state index contributed by atoms with van der Waals surface area (Å²) in [4.78, 5) is 14.0. The van der Waals surface area contributed by atoms with Crippen molar-refractivity contribution in [3.63, 3.8) is 0 Å². The molecule has 1 aliphatic rings. The number of hydrogen-bond donors (Lipinski definition) is 2. The minimum atomic E-state index is 0.0736. The highest BCUT2D eigenvalue weighted by Gasteiger charge is 2.14. The van der Waals surface area contributed by atoms with E-state index in [1.54, 1.807) is 7.11 Å². The van der Waals surface area contributed by atoms with Crippen LogP contribution in [0.5, 0.6) is 0 Å². The molecule has 112 valence electrons. The summed E-state index contributed by atoms with van der Waals surface area (Å²) in [5.74, 6) is 0.670. The first-order chi connectivity index (χ1) is 9.22. The van der Waals surface area contributed by atoms with Crippen LogP contribution in [0, 0.1) is 5.92 Å². The summed E-state index contributed by atoms with van der Waals surface area (Å²) in [5, 5.41) is 6.10. The highest BCUT2D eigenvalue weighted by Crippen LogP contribution is 2.09. The molecular formula is C14H29N3O2. The largest absolute Gasteiger partial charge is 0.385 e. The van der Waals surface area contributed by atoms with Gasteiger partial charge in [-0.25, -0.2) is 0 Å². The predicted octanol–water partition coefficient (Wildman–Crippen LogP) is 0.461. The summed E-state index contributed by atoms with van der Waals surface area (Å²) >= 11 is 0. The molecule has 1 saturated heterocycles. The first-order valence-electron chi connectivity index (χ1n) is 7.41. The quantitative estimate of drug-likeness (QED) is 0.567. The molecule has 0 aliphatic carbocycles.